The van der Waals surface area contributed by atoms with E-state index >= 15 is 0 Å². The number of hydrogen-bond donors (Lipinski definition) is 1. The predicted octanol–water partition coefficient (Wildman–Crippen LogP) is 5.14. The van der Waals surface area contributed by atoms with E-state index in [-0.39, 0.29) is 17.9 Å². The van der Waals surface area contributed by atoms with Crippen LogP contribution < -0.4 is 10.1 Å². The van der Waals surface area contributed by atoms with Crippen LogP contribution >= 0.6 is 11.3 Å². The Morgan fingerprint density at radius 3 is 2.74 bits per heavy atom. The van der Waals surface area contributed by atoms with Crippen molar-refractivity contribution in [1.82, 2.24) is 14.8 Å². The van der Waals surface area contributed by atoms with Crippen LogP contribution in [0.25, 0.3) is 10.2 Å². The molecule has 2 amide bonds. The van der Waals surface area contributed by atoms with Gasteiger partial charge in [-0.15, -0.1) is 11.3 Å². The van der Waals surface area contributed by atoms with Gasteiger partial charge in [0.2, 0.25) is 5.91 Å². The second kappa shape index (κ2) is 9.10. The van der Waals surface area contributed by atoms with Gasteiger partial charge in [-0.25, -0.2) is 0 Å². The molecule has 2 aromatic heterocycles. The lowest BCUT2D eigenvalue weighted by molar-refractivity contribution is -0.134. The smallest absolute Gasteiger partial charge is 0.271 e. The van der Waals surface area contributed by atoms with Crippen molar-refractivity contribution >= 4 is 33.4 Å². The highest BCUT2D eigenvalue weighted by molar-refractivity contribution is 7.19. The molecule has 0 bridgehead atoms. The molecule has 3 aromatic rings. The van der Waals surface area contributed by atoms with Gasteiger partial charge in [-0.2, -0.15) is 0 Å². The molecule has 180 valence electrons. The molecule has 0 spiro atoms. The highest BCUT2D eigenvalue weighted by Gasteiger charge is 2.48. The quantitative estimate of drug-likeness (QED) is 0.533. The van der Waals surface area contributed by atoms with Crippen LogP contribution in [-0.2, 0) is 24.3 Å². The van der Waals surface area contributed by atoms with Gasteiger partial charge in [0.15, 0.2) is 0 Å². The minimum Gasteiger partial charge on any atom is -0.497 e. The number of hydrogen-bond acceptors (Lipinski definition) is 4. The maximum absolute atomic E-state index is 13.9. The molecular formula is C27H33N3O3S. The molecule has 0 saturated heterocycles. The Morgan fingerprint density at radius 1 is 1.21 bits per heavy atom. The molecule has 1 aliphatic carbocycles. The van der Waals surface area contributed by atoms with Crippen LogP contribution in [0.2, 0.25) is 0 Å². The van der Waals surface area contributed by atoms with Crippen molar-refractivity contribution in [2.24, 2.45) is 0 Å². The van der Waals surface area contributed by atoms with Gasteiger partial charge in [-0.1, -0.05) is 38.3 Å². The average molecular weight is 480 g/mol. The van der Waals surface area contributed by atoms with E-state index in [1.807, 2.05) is 37.3 Å². The minimum absolute atomic E-state index is 0.0610. The molecule has 34 heavy (non-hydrogen) atoms. The van der Waals surface area contributed by atoms with Crippen LogP contribution in [0, 0.1) is 0 Å². The van der Waals surface area contributed by atoms with Crippen molar-refractivity contribution in [1.29, 1.82) is 0 Å². The van der Waals surface area contributed by atoms with Crippen molar-refractivity contribution in [3.63, 3.8) is 0 Å². The first kappa shape index (κ1) is 23.0. The van der Waals surface area contributed by atoms with Gasteiger partial charge < -0.3 is 19.5 Å². The number of nitrogens with zero attached hydrogens (tertiary/aromatic N) is 2. The number of amides is 2. The maximum Gasteiger partial charge on any atom is 0.271 e. The summed E-state index contributed by atoms with van der Waals surface area (Å²) < 4.78 is 8.57. The minimum atomic E-state index is -0.995. The Balaban J connectivity index is 1.54. The number of carbonyl (C=O) groups excluding carboxylic acids is 2. The van der Waals surface area contributed by atoms with Crippen LogP contribution in [0.3, 0.4) is 0 Å². The van der Waals surface area contributed by atoms with Gasteiger partial charge >= 0.3 is 0 Å². The Labute approximate surface area is 204 Å². The third-order valence-electron chi connectivity index (χ3n) is 7.42. The van der Waals surface area contributed by atoms with Crippen LogP contribution in [0.5, 0.6) is 5.75 Å². The van der Waals surface area contributed by atoms with Crippen molar-refractivity contribution in [3.05, 3.63) is 52.5 Å². The number of carbonyl (C=O) groups is 2. The van der Waals surface area contributed by atoms with Crippen molar-refractivity contribution in [2.45, 2.75) is 77.0 Å². The number of ether oxygens (including phenoxy) is 1. The van der Waals surface area contributed by atoms with E-state index in [0.717, 1.165) is 53.6 Å². The molecule has 1 fully saturated rings. The molecule has 1 atom stereocenters. The summed E-state index contributed by atoms with van der Waals surface area (Å²) in [5, 5.41) is 3.31. The lowest BCUT2D eigenvalue weighted by Gasteiger charge is -2.45. The SMILES string of the molecule is CCc1cc2c(cc3n2CC(C)(C(=O)NC2CCCCC2)N(Cc2cccc(OC)c2)C3=O)s1. The highest BCUT2D eigenvalue weighted by atomic mass is 32.1. The first-order valence-corrected chi connectivity index (χ1v) is 13.1. The Bertz CT molecular complexity index is 1220. The second-order valence-electron chi connectivity index (χ2n) is 9.76. The molecule has 1 unspecified atom stereocenters. The molecule has 1 N–H and O–H groups in total. The molecule has 1 saturated carbocycles. The third kappa shape index (κ3) is 4.00. The van der Waals surface area contributed by atoms with Crippen LogP contribution in [0.1, 0.15) is 66.9 Å². The number of aromatic nitrogens is 1. The molecule has 3 heterocycles. The molecule has 0 radical (unpaired) electrons. The summed E-state index contributed by atoms with van der Waals surface area (Å²) in [5.41, 5.74) is 1.67. The summed E-state index contributed by atoms with van der Waals surface area (Å²) in [5.74, 6) is 0.581. The summed E-state index contributed by atoms with van der Waals surface area (Å²) in [7, 11) is 1.64. The lowest BCUT2D eigenvalue weighted by atomic mass is 9.91. The zero-order valence-corrected chi connectivity index (χ0v) is 21.0. The van der Waals surface area contributed by atoms with Gasteiger partial charge in [-0.3, -0.25) is 9.59 Å². The Morgan fingerprint density at radius 2 is 2.00 bits per heavy atom. The molecule has 1 aromatic carbocycles. The molecule has 2 aliphatic rings. The standard InChI is InChI=1S/C27H33N3O3S/c1-4-21-14-22-24(34-21)15-23-25(31)30(16-18-9-8-12-20(13-18)33-3)27(2,17-29(22)23)26(32)28-19-10-6-5-7-11-19/h8-9,12-15,19H,4-7,10-11,16-17H2,1-3H3,(H,28,32). The summed E-state index contributed by atoms with van der Waals surface area (Å²) >= 11 is 1.73. The van der Waals surface area contributed by atoms with Crippen molar-refractivity contribution in [2.75, 3.05) is 7.11 Å². The summed E-state index contributed by atoms with van der Waals surface area (Å²) in [6, 6.07) is 12.1. The number of nitrogens with one attached hydrogen (secondary N) is 1. The van der Waals surface area contributed by atoms with E-state index < -0.39 is 5.54 Å². The monoisotopic (exact) mass is 479 g/mol. The van der Waals surface area contributed by atoms with E-state index in [4.69, 9.17) is 4.74 Å². The summed E-state index contributed by atoms with van der Waals surface area (Å²) in [6.07, 6.45) is 6.50. The third-order valence-corrected chi connectivity index (χ3v) is 8.64. The van der Waals surface area contributed by atoms with Gasteiger partial charge in [-0.05, 0) is 56.0 Å². The average Bonchev–Trinajstić information content (AvgIpc) is 3.41. The molecule has 7 heteroatoms. The van der Waals surface area contributed by atoms with Crippen LogP contribution in [-0.4, -0.2) is 40.0 Å². The largest absolute Gasteiger partial charge is 0.497 e. The topological polar surface area (TPSA) is 63.6 Å². The molecular weight excluding hydrogens is 446 g/mol. The number of methoxy groups -OCH3 is 1. The predicted molar refractivity (Wildman–Crippen MR) is 135 cm³/mol. The van der Waals surface area contributed by atoms with E-state index in [1.165, 1.54) is 11.3 Å². The fraction of sp³-hybridized carbons (Fsp3) is 0.481. The van der Waals surface area contributed by atoms with E-state index in [9.17, 15) is 9.59 Å². The number of aryl methyl sites for hydroxylation is 1. The van der Waals surface area contributed by atoms with Gasteiger partial charge in [0.1, 0.15) is 17.0 Å². The first-order chi connectivity index (χ1) is 16.4. The fourth-order valence-electron chi connectivity index (χ4n) is 5.35. The second-order valence-corrected chi connectivity index (χ2v) is 10.9. The zero-order valence-electron chi connectivity index (χ0n) is 20.2. The van der Waals surface area contributed by atoms with Crippen LogP contribution in [0.4, 0.5) is 0 Å². The fourth-order valence-corrected chi connectivity index (χ4v) is 6.39. The van der Waals surface area contributed by atoms with Gasteiger partial charge in [0, 0.05) is 17.5 Å². The summed E-state index contributed by atoms with van der Waals surface area (Å²) in [4.78, 5) is 30.8. The highest BCUT2D eigenvalue weighted by Crippen LogP contribution is 2.37. The Hall–Kier alpha value is -2.80. The Kier molecular flexibility index (Phi) is 6.15. The van der Waals surface area contributed by atoms with E-state index in [2.05, 4.69) is 22.9 Å². The zero-order chi connectivity index (χ0) is 23.9. The number of benzene rings is 1. The van der Waals surface area contributed by atoms with E-state index in [0.29, 0.717) is 18.8 Å². The molecule has 1 aliphatic heterocycles. The molecule has 6 nitrogen and oxygen atoms in total. The normalized spacial score (nSPS) is 21.0. The number of fused-ring (bicyclic) bond motifs is 3. The van der Waals surface area contributed by atoms with Crippen molar-refractivity contribution in [3.8, 4) is 5.75 Å². The first-order valence-electron chi connectivity index (χ1n) is 12.3. The number of thiophene rings is 1. The van der Waals surface area contributed by atoms with Crippen molar-refractivity contribution < 1.29 is 14.3 Å². The lowest BCUT2D eigenvalue weighted by Crippen LogP contribution is -2.64. The summed E-state index contributed by atoms with van der Waals surface area (Å²) in [6.45, 7) is 4.86. The number of rotatable bonds is 6. The van der Waals surface area contributed by atoms with Crippen LogP contribution in [0.15, 0.2) is 36.4 Å². The molecule has 5 rings (SSSR count). The maximum atomic E-state index is 13.9. The van der Waals surface area contributed by atoms with Gasteiger partial charge in [0.25, 0.3) is 5.91 Å². The van der Waals surface area contributed by atoms with Gasteiger partial charge in [0.05, 0.1) is 23.9 Å². The van der Waals surface area contributed by atoms with E-state index in [1.54, 1.807) is 23.3 Å².